The number of rotatable bonds is 2. The second-order valence-corrected chi connectivity index (χ2v) is 3.37. The number of benzene rings is 1. The predicted octanol–water partition coefficient (Wildman–Crippen LogP) is 1.84. The van der Waals surface area contributed by atoms with Gasteiger partial charge in [0.15, 0.2) is 5.75 Å². The first-order valence-electron chi connectivity index (χ1n) is 5.03. The monoisotopic (exact) mass is 217 g/mol. The van der Waals surface area contributed by atoms with Crippen LogP contribution in [-0.2, 0) is 4.79 Å². The van der Waals surface area contributed by atoms with Crippen molar-refractivity contribution in [1.29, 1.82) is 0 Å². The Morgan fingerprint density at radius 3 is 2.88 bits per heavy atom. The Morgan fingerprint density at radius 1 is 1.31 bits per heavy atom. The van der Waals surface area contributed by atoms with Gasteiger partial charge < -0.3 is 9.72 Å². The third-order valence-corrected chi connectivity index (χ3v) is 2.23. The van der Waals surface area contributed by atoms with E-state index < -0.39 is 0 Å². The maximum absolute atomic E-state index is 11.2. The first-order chi connectivity index (χ1) is 7.70. The van der Waals surface area contributed by atoms with E-state index in [1.165, 1.54) is 6.07 Å². The molecule has 16 heavy (non-hydrogen) atoms. The Hall–Kier alpha value is -2.10. The lowest BCUT2D eigenvalue weighted by Gasteiger charge is -2.05. The molecular formula is C12H11NO3. The SMILES string of the molecule is CCC(=O)Oc1cccc2ccc(=O)[nH]c12. The minimum Gasteiger partial charge on any atom is -0.424 e. The molecule has 1 aromatic carbocycles. The Kier molecular flexibility index (Phi) is 2.72. The van der Waals surface area contributed by atoms with Crippen molar-refractivity contribution in [3.05, 3.63) is 40.7 Å². The van der Waals surface area contributed by atoms with Crippen LogP contribution in [0, 0.1) is 0 Å². The highest BCUT2D eigenvalue weighted by Crippen LogP contribution is 2.22. The van der Waals surface area contributed by atoms with Crippen LogP contribution in [0.3, 0.4) is 0 Å². The van der Waals surface area contributed by atoms with Gasteiger partial charge in [0, 0.05) is 17.9 Å². The zero-order valence-electron chi connectivity index (χ0n) is 8.82. The molecule has 0 aliphatic carbocycles. The van der Waals surface area contributed by atoms with Crippen molar-refractivity contribution in [2.75, 3.05) is 0 Å². The number of carbonyl (C=O) groups excluding carboxylic acids is 1. The lowest BCUT2D eigenvalue weighted by atomic mass is 10.2. The molecule has 0 atom stereocenters. The summed E-state index contributed by atoms with van der Waals surface area (Å²) in [6.07, 6.45) is 0.299. The average Bonchev–Trinajstić information content (AvgIpc) is 2.29. The Balaban J connectivity index is 2.56. The molecule has 0 unspecified atom stereocenters. The van der Waals surface area contributed by atoms with Crippen LogP contribution in [-0.4, -0.2) is 11.0 Å². The Labute approximate surface area is 91.9 Å². The number of nitrogens with one attached hydrogen (secondary N) is 1. The van der Waals surface area contributed by atoms with Crippen LogP contribution >= 0.6 is 0 Å². The average molecular weight is 217 g/mol. The van der Waals surface area contributed by atoms with E-state index in [4.69, 9.17) is 4.74 Å². The topological polar surface area (TPSA) is 59.2 Å². The van der Waals surface area contributed by atoms with E-state index in [1.807, 2.05) is 6.07 Å². The van der Waals surface area contributed by atoms with Crippen molar-refractivity contribution in [2.24, 2.45) is 0 Å². The minimum absolute atomic E-state index is 0.215. The van der Waals surface area contributed by atoms with Crippen LogP contribution in [0.1, 0.15) is 13.3 Å². The largest absolute Gasteiger partial charge is 0.424 e. The second-order valence-electron chi connectivity index (χ2n) is 3.37. The van der Waals surface area contributed by atoms with Crippen molar-refractivity contribution in [1.82, 2.24) is 4.98 Å². The summed E-state index contributed by atoms with van der Waals surface area (Å²) in [7, 11) is 0. The van der Waals surface area contributed by atoms with Crippen molar-refractivity contribution >= 4 is 16.9 Å². The van der Waals surface area contributed by atoms with Crippen LogP contribution in [0.5, 0.6) is 5.75 Å². The number of hydrogen-bond donors (Lipinski definition) is 1. The number of carbonyl (C=O) groups is 1. The van der Waals surface area contributed by atoms with Crippen LogP contribution in [0.25, 0.3) is 10.9 Å². The van der Waals surface area contributed by atoms with Gasteiger partial charge in [0.2, 0.25) is 5.56 Å². The van der Waals surface area contributed by atoms with Crippen molar-refractivity contribution in [3.8, 4) is 5.75 Å². The summed E-state index contributed by atoms with van der Waals surface area (Å²) >= 11 is 0. The van der Waals surface area contributed by atoms with Gasteiger partial charge in [0.1, 0.15) is 0 Å². The van der Waals surface area contributed by atoms with Gasteiger partial charge in [0.05, 0.1) is 5.52 Å². The van der Waals surface area contributed by atoms with E-state index in [0.29, 0.717) is 17.7 Å². The summed E-state index contributed by atoms with van der Waals surface area (Å²) in [5.41, 5.74) is 0.337. The van der Waals surface area contributed by atoms with Crippen LogP contribution in [0.2, 0.25) is 0 Å². The number of fused-ring (bicyclic) bond motifs is 1. The highest BCUT2D eigenvalue weighted by molar-refractivity contribution is 5.86. The van der Waals surface area contributed by atoms with Gasteiger partial charge in [-0.3, -0.25) is 9.59 Å². The molecule has 0 bridgehead atoms. The summed E-state index contributed by atoms with van der Waals surface area (Å²) in [5, 5.41) is 0.834. The highest BCUT2D eigenvalue weighted by atomic mass is 16.5. The molecule has 0 saturated heterocycles. The van der Waals surface area contributed by atoms with Gasteiger partial charge in [-0.25, -0.2) is 0 Å². The van der Waals surface area contributed by atoms with Gasteiger partial charge in [-0.2, -0.15) is 0 Å². The van der Waals surface area contributed by atoms with E-state index in [1.54, 1.807) is 25.1 Å². The first-order valence-corrected chi connectivity index (χ1v) is 5.03. The summed E-state index contributed by atoms with van der Waals surface area (Å²) in [6.45, 7) is 1.72. The second kappa shape index (κ2) is 4.18. The van der Waals surface area contributed by atoms with E-state index in [0.717, 1.165) is 5.39 Å². The molecule has 0 aliphatic rings. The fourth-order valence-electron chi connectivity index (χ4n) is 1.43. The summed E-state index contributed by atoms with van der Waals surface area (Å²) in [5.74, 6) is 0.0688. The lowest BCUT2D eigenvalue weighted by Crippen LogP contribution is -2.08. The van der Waals surface area contributed by atoms with Crippen molar-refractivity contribution in [3.63, 3.8) is 0 Å². The number of aromatic amines is 1. The van der Waals surface area contributed by atoms with E-state index in [2.05, 4.69) is 4.98 Å². The number of esters is 1. The van der Waals surface area contributed by atoms with Gasteiger partial charge in [-0.05, 0) is 12.1 Å². The molecule has 82 valence electrons. The molecule has 1 N–H and O–H groups in total. The Bertz CT molecular complexity index is 586. The van der Waals surface area contributed by atoms with Crippen molar-refractivity contribution in [2.45, 2.75) is 13.3 Å². The molecule has 1 heterocycles. The molecule has 0 radical (unpaired) electrons. The maximum atomic E-state index is 11.2. The molecule has 0 aliphatic heterocycles. The molecule has 0 saturated carbocycles. The van der Waals surface area contributed by atoms with Crippen LogP contribution < -0.4 is 10.3 Å². The number of para-hydroxylation sites is 1. The van der Waals surface area contributed by atoms with Crippen molar-refractivity contribution < 1.29 is 9.53 Å². The summed E-state index contributed by atoms with van der Waals surface area (Å²) in [4.78, 5) is 25.0. The molecule has 1 aromatic heterocycles. The number of pyridine rings is 1. The van der Waals surface area contributed by atoms with E-state index in [9.17, 15) is 9.59 Å². The van der Waals surface area contributed by atoms with Gasteiger partial charge in [0.25, 0.3) is 0 Å². The molecule has 2 aromatic rings. The molecule has 4 nitrogen and oxygen atoms in total. The highest BCUT2D eigenvalue weighted by Gasteiger charge is 2.06. The normalized spacial score (nSPS) is 10.3. The minimum atomic E-state index is -0.322. The Morgan fingerprint density at radius 2 is 2.12 bits per heavy atom. The van der Waals surface area contributed by atoms with Crippen LogP contribution in [0.4, 0.5) is 0 Å². The maximum Gasteiger partial charge on any atom is 0.310 e. The number of ether oxygens (including phenoxy) is 1. The van der Waals surface area contributed by atoms with Crippen LogP contribution in [0.15, 0.2) is 35.1 Å². The number of hydrogen-bond acceptors (Lipinski definition) is 3. The molecule has 0 amide bonds. The van der Waals surface area contributed by atoms with Gasteiger partial charge >= 0.3 is 5.97 Å². The molecule has 2 rings (SSSR count). The van der Waals surface area contributed by atoms with Gasteiger partial charge in [-0.15, -0.1) is 0 Å². The smallest absolute Gasteiger partial charge is 0.310 e. The zero-order chi connectivity index (χ0) is 11.5. The standard InChI is InChI=1S/C12H11NO3/c1-2-11(15)16-9-5-3-4-8-6-7-10(14)13-12(8)9/h3-7H,2H2,1H3,(H,13,14). The third kappa shape index (κ3) is 1.95. The summed E-state index contributed by atoms with van der Waals surface area (Å²) < 4.78 is 5.12. The number of aromatic nitrogens is 1. The quantitative estimate of drug-likeness (QED) is 0.616. The molecular weight excluding hydrogens is 206 g/mol. The molecule has 4 heteroatoms. The van der Waals surface area contributed by atoms with E-state index in [-0.39, 0.29) is 11.5 Å². The van der Waals surface area contributed by atoms with Gasteiger partial charge in [-0.1, -0.05) is 19.1 Å². The lowest BCUT2D eigenvalue weighted by molar-refractivity contribution is -0.133. The molecule has 0 spiro atoms. The zero-order valence-corrected chi connectivity index (χ0v) is 8.82. The fourth-order valence-corrected chi connectivity index (χ4v) is 1.43. The predicted molar refractivity (Wildman–Crippen MR) is 60.5 cm³/mol. The first kappa shape index (κ1) is 10.4. The molecule has 0 fully saturated rings. The fraction of sp³-hybridized carbons (Fsp3) is 0.167. The third-order valence-electron chi connectivity index (χ3n) is 2.23. The van der Waals surface area contributed by atoms with E-state index >= 15 is 0 Å². The summed E-state index contributed by atoms with van der Waals surface area (Å²) in [6, 6.07) is 8.41. The number of H-pyrrole nitrogens is 1.